The van der Waals surface area contributed by atoms with Crippen molar-refractivity contribution < 1.29 is 18.7 Å². The standard InChI is InChI=1S/C10H17F2NO2/c1-3-9(2,8(14)15)13-7-4-5-10(11,12)6-7/h7,13H,3-6H2,1-2H3,(H,14,15)/t7-,9?/m1/s1. The lowest BCUT2D eigenvalue weighted by atomic mass is 9.97. The SMILES string of the molecule is CCC(C)(N[C@@H]1CCC(F)(F)C1)C(=O)O. The summed E-state index contributed by atoms with van der Waals surface area (Å²) in [4.78, 5) is 11.0. The molecule has 1 fully saturated rings. The van der Waals surface area contributed by atoms with E-state index >= 15 is 0 Å². The lowest BCUT2D eigenvalue weighted by molar-refractivity contribution is -0.144. The summed E-state index contributed by atoms with van der Waals surface area (Å²) in [6.45, 7) is 3.26. The van der Waals surface area contributed by atoms with Gasteiger partial charge in [0.05, 0.1) is 0 Å². The second kappa shape index (κ2) is 4.04. The molecule has 1 rings (SSSR count). The van der Waals surface area contributed by atoms with E-state index in [0.29, 0.717) is 12.8 Å². The summed E-state index contributed by atoms with van der Waals surface area (Å²) < 4.78 is 25.8. The topological polar surface area (TPSA) is 49.3 Å². The number of carbonyl (C=O) groups is 1. The van der Waals surface area contributed by atoms with Gasteiger partial charge in [0, 0.05) is 18.9 Å². The first-order valence-electron chi connectivity index (χ1n) is 5.18. The molecule has 2 N–H and O–H groups in total. The first-order valence-corrected chi connectivity index (χ1v) is 5.18. The number of rotatable bonds is 4. The summed E-state index contributed by atoms with van der Waals surface area (Å²) in [5.74, 6) is -3.62. The molecular formula is C10H17F2NO2. The van der Waals surface area contributed by atoms with E-state index in [1.54, 1.807) is 6.92 Å². The van der Waals surface area contributed by atoms with Crippen LogP contribution in [-0.2, 0) is 4.79 Å². The highest BCUT2D eigenvalue weighted by Crippen LogP contribution is 2.35. The molecular weight excluding hydrogens is 204 g/mol. The number of carboxylic acids is 1. The Labute approximate surface area is 87.9 Å². The maximum atomic E-state index is 12.9. The highest BCUT2D eigenvalue weighted by atomic mass is 19.3. The lowest BCUT2D eigenvalue weighted by Crippen LogP contribution is -2.53. The average Bonchev–Trinajstić information content (AvgIpc) is 2.45. The Bertz CT molecular complexity index is 258. The van der Waals surface area contributed by atoms with Crippen molar-refractivity contribution in [2.75, 3.05) is 0 Å². The summed E-state index contributed by atoms with van der Waals surface area (Å²) in [7, 11) is 0. The molecule has 15 heavy (non-hydrogen) atoms. The van der Waals surface area contributed by atoms with Crippen molar-refractivity contribution in [3.63, 3.8) is 0 Å². The molecule has 0 bridgehead atoms. The molecule has 0 saturated heterocycles. The van der Waals surface area contributed by atoms with E-state index < -0.39 is 17.4 Å². The molecule has 1 aliphatic carbocycles. The molecule has 1 unspecified atom stereocenters. The van der Waals surface area contributed by atoms with E-state index in [2.05, 4.69) is 5.32 Å². The van der Waals surface area contributed by atoms with E-state index in [-0.39, 0.29) is 18.9 Å². The van der Waals surface area contributed by atoms with Crippen LogP contribution < -0.4 is 5.32 Å². The van der Waals surface area contributed by atoms with Gasteiger partial charge < -0.3 is 5.11 Å². The van der Waals surface area contributed by atoms with E-state index in [4.69, 9.17) is 5.11 Å². The van der Waals surface area contributed by atoms with Gasteiger partial charge in [0.15, 0.2) is 0 Å². The zero-order valence-corrected chi connectivity index (χ0v) is 9.02. The van der Waals surface area contributed by atoms with E-state index in [9.17, 15) is 13.6 Å². The molecule has 0 aromatic rings. The Morgan fingerprint density at radius 3 is 2.60 bits per heavy atom. The Morgan fingerprint density at radius 2 is 2.27 bits per heavy atom. The van der Waals surface area contributed by atoms with Gasteiger partial charge in [-0.3, -0.25) is 10.1 Å². The fraction of sp³-hybridized carbons (Fsp3) is 0.900. The monoisotopic (exact) mass is 221 g/mol. The second-order valence-corrected chi connectivity index (χ2v) is 4.43. The van der Waals surface area contributed by atoms with E-state index in [0.717, 1.165) is 0 Å². The molecule has 1 saturated carbocycles. The van der Waals surface area contributed by atoms with Crippen LogP contribution in [0.4, 0.5) is 8.78 Å². The number of aliphatic carboxylic acids is 1. The van der Waals surface area contributed by atoms with Crippen LogP contribution in [0.3, 0.4) is 0 Å². The van der Waals surface area contributed by atoms with Gasteiger partial charge in [0.1, 0.15) is 5.54 Å². The van der Waals surface area contributed by atoms with Crippen molar-refractivity contribution >= 4 is 5.97 Å². The first kappa shape index (κ1) is 12.4. The molecule has 5 heteroatoms. The van der Waals surface area contributed by atoms with Crippen molar-refractivity contribution in [3.05, 3.63) is 0 Å². The lowest BCUT2D eigenvalue weighted by Gasteiger charge is -2.28. The number of hydrogen-bond donors (Lipinski definition) is 2. The van der Waals surface area contributed by atoms with Crippen molar-refractivity contribution in [2.24, 2.45) is 0 Å². The largest absolute Gasteiger partial charge is 0.480 e. The number of hydrogen-bond acceptors (Lipinski definition) is 2. The summed E-state index contributed by atoms with van der Waals surface area (Å²) >= 11 is 0. The first-order chi connectivity index (χ1) is 6.79. The second-order valence-electron chi connectivity index (χ2n) is 4.43. The zero-order chi connectivity index (χ0) is 11.7. The van der Waals surface area contributed by atoms with Crippen molar-refractivity contribution in [1.29, 1.82) is 0 Å². The molecule has 3 nitrogen and oxygen atoms in total. The van der Waals surface area contributed by atoms with Crippen molar-refractivity contribution in [1.82, 2.24) is 5.32 Å². The van der Waals surface area contributed by atoms with Crippen LogP contribution in [0.1, 0.15) is 39.5 Å². The van der Waals surface area contributed by atoms with Crippen molar-refractivity contribution in [3.8, 4) is 0 Å². The smallest absolute Gasteiger partial charge is 0.323 e. The van der Waals surface area contributed by atoms with Crippen molar-refractivity contribution in [2.45, 2.75) is 57.0 Å². The number of alkyl halides is 2. The molecule has 1 aliphatic rings. The Kier molecular flexibility index (Phi) is 3.33. The Hall–Kier alpha value is -0.710. The fourth-order valence-electron chi connectivity index (χ4n) is 1.84. The predicted octanol–water partition coefficient (Wildman–Crippen LogP) is 2.02. The summed E-state index contributed by atoms with van der Waals surface area (Å²) in [5, 5.41) is 11.8. The van der Waals surface area contributed by atoms with Crippen LogP contribution in [0.15, 0.2) is 0 Å². The van der Waals surface area contributed by atoms with Gasteiger partial charge in [-0.05, 0) is 19.8 Å². The maximum absolute atomic E-state index is 12.9. The molecule has 0 aromatic heterocycles. The number of nitrogens with one attached hydrogen (secondary N) is 1. The molecule has 0 aliphatic heterocycles. The minimum absolute atomic E-state index is 0.149. The highest BCUT2D eigenvalue weighted by molar-refractivity contribution is 5.78. The van der Waals surface area contributed by atoms with Gasteiger partial charge in [-0.25, -0.2) is 8.78 Å². The van der Waals surface area contributed by atoms with Gasteiger partial charge in [0.25, 0.3) is 0 Å². The van der Waals surface area contributed by atoms with Crippen LogP contribution in [0.5, 0.6) is 0 Å². The van der Waals surface area contributed by atoms with Crippen LogP contribution in [0, 0.1) is 0 Å². The van der Waals surface area contributed by atoms with E-state index in [1.807, 2.05) is 0 Å². The molecule has 0 aromatic carbocycles. The normalized spacial score (nSPS) is 28.7. The molecule has 0 radical (unpaired) electrons. The molecule has 0 spiro atoms. The Morgan fingerprint density at radius 1 is 1.67 bits per heavy atom. The third kappa shape index (κ3) is 2.87. The Balaban J connectivity index is 2.58. The molecule has 0 amide bonds. The van der Waals surface area contributed by atoms with Crippen LogP contribution >= 0.6 is 0 Å². The van der Waals surface area contributed by atoms with Gasteiger partial charge in [-0.1, -0.05) is 6.92 Å². The third-order valence-electron chi connectivity index (χ3n) is 3.11. The summed E-state index contributed by atoms with van der Waals surface area (Å²) in [6.07, 6.45) is 0.320. The molecule has 88 valence electrons. The third-order valence-corrected chi connectivity index (χ3v) is 3.11. The van der Waals surface area contributed by atoms with Crippen LogP contribution in [0.2, 0.25) is 0 Å². The minimum Gasteiger partial charge on any atom is -0.480 e. The molecule has 2 atom stereocenters. The maximum Gasteiger partial charge on any atom is 0.323 e. The van der Waals surface area contributed by atoms with E-state index in [1.165, 1.54) is 6.92 Å². The number of carboxylic acid groups (broad SMARTS) is 1. The van der Waals surface area contributed by atoms with Gasteiger partial charge in [0.2, 0.25) is 5.92 Å². The number of halogens is 2. The van der Waals surface area contributed by atoms with Crippen LogP contribution in [0.25, 0.3) is 0 Å². The van der Waals surface area contributed by atoms with Gasteiger partial charge in [-0.2, -0.15) is 0 Å². The fourth-order valence-corrected chi connectivity index (χ4v) is 1.84. The van der Waals surface area contributed by atoms with Gasteiger partial charge in [-0.15, -0.1) is 0 Å². The minimum atomic E-state index is -2.63. The summed E-state index contributed by atoms with van der Waals surface area (Å²) in [6, 6.07) is -0.388. The average molecular weight is 221 g/mol. The molecule has 0 heterocycles. The summed E-state index contributed by atoms with van der Waals surface area (Å²) in [5.41, 5.74) is -1.09. The quantitative estimate of drug-likeness (QED) is 0.763. The van der Waals surface area contributed by atoms with Crippen LogP contribution in [-0.4, -0.2) is 28.6 Å². The predicted molar refractivity (Wildman–Crippen MR) is 52.1 cm³/mol. The van der Waals surface area contributed by atoms with Gasteiger partial charge >= 0.3 is 5.97 Å². The zero-order valence-electron chi connectivity index (χ0n) is 9.02. The highest BCUT2D eigenvalue weighted by Gasteiger charge is 2.43.